The lowest BCUT2D eigenvalue weighted by Crippen LogP contribution is -2.48. The van der Waals surface area contributed by atoms with Gasteiger partial charge in [-0.15, -0.1) is 0 Å². The molecule has 138 valence electrons. The van der Waals surface area contributed by atoms with Crippen molar-refractivity contribution >= 4 is 34.8 Å². The zero-order valence-corrected chi connectivity index (χ0v) is 15.6. The first-order valence-corrected chi connectivity index (χ1v) is 8.74. The van der Waals surface area contributed by atoms with Crippen molar-refractivity contribution < 1.29 is 9.72 Å². The molecule has 10 heteroatoms. The molecule has 26 heavy (non-hydrogen) atoms. The number of rotatable bonds is 4. The lowest BCUT2D eigenvalue weighted by molar-refractivity contribution is -0.385. The Morgan fingerprint density at radius 1 is 1.23 bits per heavy atom. The molecule has 1 fully saturated rings. The van der Waals surface area contributed by atoms with Gasteiger partial charge in [0.1, 0.15) is 6.20 Å². The fourth-order valence-corrected chi connectivity index (χ4v) is 3.24. The summed E-state index contributed by atoms with van der Waals surface area (Å²) in [7, 11) is 1.55. The topological polar surface area (TPSA) is 84.5 Å². The Kier molecular flexibility index (Phi) is 5.45. The first-order valence-electron chi connectivity index (χ1n) is 7.98. The van der Waals surface area contributed by atoms with Gasteiger partial charge in [-0.3, -0.25) is 24.5 Å². The van der Waals surface area contributed by atoms with Crippen molar-refractivity contribution in [3.8, 4) is 0 Å². The minimum atomic E-state index is -0.583. The average molecular weight is 398 g/mol. The molecule has 0 N–H and O–H groups in total. The van der Waals surface area contributed by atoms with Crippen LogP contribution < -0.4 is 0 Å². The molecule has 0 aliphatic carbocycles. The largest absolute Gasteiger partial charge is 0.334 e. The Labute approximate surface area is 160 Å². The molecule has 1 amide bonds. The van der Waals surface area contributed by atoms with E-state index in [4.69, 9.17) is 23.2 Å². The van der Waals surface area contributed by atoms with Crippen molar-refractivity contribution in [3.63, 3.8) is 0 Å². The highest BCUT2D eigenvalue weighted by Gasteiger charge is 2.30. The van der Waals surface area contributed by atoms with Gasteiger partial charge in [-0.1, -0.05) is 29.3 Å². The van der Waals surface area contributed by atoms with Gasteiger partial charge in [-0.2, -0.15) is 5.10 Å². The second-order valence-electron chi connectivity index (χ2n) is 6.11. The second-order valence-corrected chi connectivity index (χ2v) is 6.92. The van der Waals surface area contributed by atoms with Crippen molar-refractivity contribution in [2.75, 3.05) is 26.2 Å². The summed E-state index contributed by atoms with van der Waals surface area (Å²) in [5.74, 6) is -0.411. The maximum atomic E-state index is 12.6. The average Bonchev–Trinajstić information content (AvgIpc) is 3.00. The van der Waals surface area contributed by atoms with Crippen LogP contribution in [0.5, 0.6) is 0 Å². The number of benzene rings is 1. The lowest BCUT2D eigenvalue weighted by Gasteiger charge is -2.34. The van der Waals surface area contributed by atoms with Crippen LogP contribution in [0.2, 0.25) is 10.0 Å². The molecule has 2 heterocycles. The predicted molar refractivity (Wildman–Crippen MR) is 97.5 cm³/mol. The van der Waals surface area contributed by atoms with Crippen molar-refractivity contribution in [3.05, 3.63) is 55.8 Å². The molecule has 0 saturated carbocycles. The Morgan fingerprint density at radius 3 is 2.54 bits per heavy atom. The lowest BCUT2D eigenvalue weighted by atomic mass is 10.2. The summed E-state index contributed by atoms with van der Waals surface area (Å²) in [5, 5.41) is 16.1. The number of hydrogen-bond acceptors (Lipinski definition) is 5. The zero-order valence-electron chi connectivity index (χ0n) is 14.1. The quantitative estimate of drug-likeness (QED) is 0.584. The van der Waals surface area contributed by atoms with Crippen LogP contribution in [-0.2, 0) is 13.6 Å². The van der Waals surface area contributed by atoms with E-state index < -0.39 is 10.8 Å². The number of hydrogen-bond donors (Lipinski definition) is 0. The highest BCUT2D eigenvalue weighted by molar-refractivity contribution is 6.42. The third kappa shape index (κ3) is 3.98. The zero-order chi connectivity index (χ0) is 18.8. The number of aromatic nitrogens is 2. The Bertz CT molecular complexity index is 846. The SMILES string of the molecule is Cn1cc([N+](=O)[O-])c(C(=O)N2CCN(Cc3ccc(Cl)c(Cl)c3)CC2)n1. The molecule has 0 atom stereocenters. The minimum Gasteiger partial charge on any atom is -0.334 e. The van der Waals surface area contributed by atoms with Gasteiger partial charge in [0, 0.05) is 39.8 Å². The van der Waals surface area contributed by atoms with Gasteiger partial charge in [0.25, 0.3) is 5.91 Å². The summed E-state index contributed by atoms with van der Waals surface area (Å²) in [5.41, 5.74) is 0.658. The number of aryl methyl sites for hydroxylation is 1. The van der Waals surface area contributed by atoms with Crippen LogP contribution in [0.15, 0.2) is 24.4 Å². The molecule has 0 radical (unpaired) electrons. The molecule has 1 saturated heterocycles. The summed E-state index contributed by atoms with van der Waals surface area (Å²) in [6.07, 6.45) is 1.24. The molecule has 8 nitrogen and oxygen atoms in total. The molecule has 1 aliphatic rings. The van der Waals surface area contributed by atoms with Gasteiger partial charge in [-0.25, -0.2) is 0 Å². The van der Waals surface area contributed by atoms with Gasteiger partial charge in [0.2, 0.25) is 5.69 Å². The fraction of sp³-hybridized carbons (Fsp3) is 0.375. The smallest absolute Gasteiger partial charge is 0.320 e. The maximum Gasteiger partial charge on any atom is 0.320 e. The molecule has 0 bridgehead atoms. The number of nitrogens with zero attached hydrogens (tertiary/aromatic N) is 5. The standard InChI is InChI=1S/C16H17Cl2N5O3/c1-20-10-14(23(25)26)15(19-20)16(24)22-6-4-21(5-7-22)9-11-2-3-12(17)13(18)8-11/h2-3,8,10H,4-7,9H2,1H3. The molecule has 0 spiro atoms. The molecule has 1 aromatic heterocycles. The van der Waals surface area contributed by atoms with E-state index in [0.717, 1.165) is 5.56 Å². The number of carbonyl (C=O) groups is 1. The van der Waals surface area contributed by atoms with E-state index in [1.165, 1.54) is 10.9 Å². The van der Waals surface area contributed by atoms with E-state index in [1.54, 1.807) is 18.0 Å². The molecule has 1 aromatic carbocycles. The first-order chi connectivity index (χ1) is 12.3. The minimum absolute atomic E-state index is 0.115. The third-order valence-corrected chi connectivity index (χ3v) is 5.00. The van der Waals surface area contributed by atoms with Gasteiger partial charge < -0.3 is 4.90 Å². The Morgan fingerprint density at radius 2 is 1.92 bits per heavy atom. The van der Waals surface area contributed by atoms with Crippen LogP contribution in [-0.4, -0.2) is 56.6 Å². The van der Waals surface area contributed by atoms with Crippen LogP contribution in [0.3, 0.4) is 0 Å². The van der Waals surface area contributed by atoms with Gasteiger partial charge in [0.15, 0.2) is 0 Å². The summed E-state index contributed by atoms with van der Waals surface area (Å²) >= 11 is 12.0. The summed E-state index contributed by atoms with van der Waals surface area (Å²) in [6, 6.07) is 5.51. The third-order valence-electron chi connectivity index (χ3n) is 4.26. The Balaban J connectivity index is 1.62. The highest BCUT2D eigenvalue weighted by Crippen LogP contribution is 2.24. The molecule has 2 aromatic rings. The summed E-state index contributed by atoms with van der Waals surface area (Å²) in [6.45, 7) is 2.98. The number of piperazine rings is 1. The molecule has 0 unspecified atom stereocenters. The van der Waals surface area contributed by atoms with Gasteiger partial charge in [-0.05, 0) is 17.7 Å². The normalized spacial score (nSPS) is 15.3. The Hall–Kier alpha value is -2.16. The van der Waals surface area contributed by atoms with Crippen LogP contribution in [0.4, 0.5) is 5.69 Å². The van der Waals surface area contributed by atoms with E-state index in [-0.39, 0.29) is 11.4 Å². The van der Waals surface area contributed by atoms with Crippen LogP contribution in [0.25, 0.3) is 0 Å². The van der Waals surface area contributed by atoms with Crippen molar-refractivity contribution in [2.24, 2.45) is 7.05 Å². The van der Waals surface area contributed by atoms with Crippen molar-refractivity contribution in [1.82, 2.24) is 19.6 Å². The first kappa shape index (κ1) is 18.6. The van der Waals surface area contributed by atoms with E-state index in [9.17, 15) is 14.9 Å². The van der Waals surface area contributed by atoms with E-state index in [0.29, 0.717) is 42.8 Å². The molecular formula is C16H17Cl2N5O3. The number of amides is 1. The summed E-state index contributed by atoms with van der Waals surface area (Å²) in [4.78, 5) is 26.9. The highest BCUT2D eigenvalue weighted by atomic mass is 35.5. The molecule has 1 aliphatic heterocycles. The van der Waals surface area contributed by atoms with Crippen LogP contribution in [0.1, 0.15) is 16.1 Å². The van der Waals surface area contributed by atoms with E-state index in [1.807, 2.05) is 12.1 Å². The van der Waals surface area contributed by atoms with Crippen LogP contribution in [0, 0.1) is 10.1 Å². The molecule has 3 rings (SSSR count). The maximum absolute atomic E-state index is 12.6. The van der Waals surface area contributed by atoms with E-state index in [2.05, 4.69) is 10.00 Å². The molecular weight excluding hydrogens is 381 g/mol. The fourth-order valence-electron chi connectivity index (χ4n) is 2.92. The second kappa shape index (κ2) is 7.61. The van der Waals surface area contributed by atoms with E-state index >= 15 is 0 Å². The summed E-state index contributed by atoms with van der Waals surface area (Å²) < 4.78 is 1.28. The monoisotopic (exact) mass is 397 g/mol. The predicted octanol–water partition coefficient (Wildman–Crippen LogP) is 2.59. The number of nitro groups is 1. The van der Waals surface area contributed by atoms with Gasteiger partial charge >= 0.3 is 5.69 Å². The number of carbonyl (C=O) groups excluding carboxylic acids is 1. The number of halogens is 2. The van der Waals surface area contributed by atoms with Crippen LogP contribution >= 0.6 is 23.2 Å². The van der Waals surface area contributed by atoms with Gasteiger partial charge in [0.05, 0.1) is 15.0 Å². The van der Waals surface area contributed by atoms with Crippen molar-refractivity contribution in [2.45, 2.75) is 6.54 Å². The van der Waals surface area contributed by atoms with Crippen molar-refractivity contribution in [1.29, 1.82) is 0 Å².